The van der Waals surface area contributed by atoms with Crippen LogP contribution in [0.1, 0.15) is 143 Å². The minimum absolute atomic E-state index is 0. The van der Waals surface area contributed by atoms with E-state index in [0.717, 1.165) is 62.6 Å². The standard InChI is InChI=1S/C16H20N2O3.C13H25NO4Si.C11H21NO4Si.C10H16O4.C8H12O4.C2H6O.K.Na.2H2O/c1-2-21-14(19)9-6-12-4-7-13(8-5-12)18-15(20)16(17)10-3-11-16;1-5-17-11(15)13(7-6-8-13)14-12(16)18-9-10-19(2,3)4;1-17(2,3)8-7-16-10(15)12-11(9(13)14)5-4-6-11;1-3-13-8(11)10(6-5-7-10)9(12)14-4-2;1-2-12-7(11)8(6(9)10)4-3-5-8;1-2-3;;;;/h4-9H,2-3,10-11,17H2,1H3,(H,18,20);5-10H2,1-4H3,(H,14,16);4-8H2,1-3H3,(H,12,15)(H,13,14);3-7H2,1-2H3;2-5H2,1H3,(H,9,10);3H,2H2,1H3;;;2*1H2/q;;;;;;2*+1;;/p-2. The zero-order valence-electron chi connectivity index (χ0n) is 55.9. The van der Waals surface area contributed by atoms with E-state index in [1.807, 2.05) is 12.1 Å². The minimum atomic E-state index is -1.22. The number of hydrogen-bond donors (Lipinski definition) is 7. The van der Waals surface area contributed by atoms with E-state index in [9.17, 15) is 47.9 Å². The van der Waals surface area contributed by atoms with Crippen molar-refractivity contribution < 1.29 is 188 Å². The number of alkyl carbamates (subject to hydrolysis) is 2. The molecular formula is C60H102KN4NaO22Si2. The summed E-state index contributed by atoms with van der Waals surface area (Å²) < 4.78 is 34.4. The van der Waals surface area contributed by atoms with Crippen LogP contribution in [-0.2, 0) is 71.5 Å². The van der Waals surface area contributed by atoms with Gasteiger partial charge in [0.25, 0.3) is 0 Å². The van der Waals surface area contributed by atoms with Crippen molar-refractivity contribution in [2.45, 2.75) is 206 Å². The van der Waals surface area contributed by atoms with Crippen molar-refractivity contribution in [2.75, 3.05) is 58.2 Å². The molecule has 5 aliphatic rings. The molecule has 504 valence electrons. The van der Waals surface area contributed by atoms with Crippen LogP contribution in [-0.4, -0.2) is 172 Å². The second-order valence-electron chi connectivity index (χ2n) is 23.9. The van der Waals surface area contributed by atoms with Crippen LogP contribution in [0, 0.1) is 10.8 Å². The number of anilines is 1. The van der Waals surface area contributed by atoms with Gasteiger partial charge in [-0.25, -0.2) is 24.0 Å². The normalized spacial score (nSPS) is 16.5. The second-order valence-corrected chi connectivity index (χ2v) is 35.1. The van der Waals surface area contributed by atoms with Gasteiger partial charge in [0.2, 0.25) is 5.91 Å². The Balaban J connectivity index is -0.000000508. The first-order chi connectivity index (χ1) is 40.3. The van der Waals surface area contributed by atoms with Gasteiger partial charge < -0.3 is 81.1 Å². The summed E-state index contributed by atoms with van der Waals surface area (Å²) in [6, 6.07) is 9.01. The topological polar surface area (TPSA) is 418 Å². The van der Waals surface area contributed by atoms with Crippen LogP contribution < -0.4 is 103 Å². The molecule has 0 radical (unpaired) electrons. The molecule has 0 heterocycles. The molecule has 6 rings (SSSR count). The fourth-order valence-corrected chi connectivity index (χ4v) is 9.83. The van der Waals surface area contributed by atoms with Crippen molar-refractivity contribution in [3.8, 4) is 0 Å². The van der Waals surface area contributed by atoms with E-state index in [-0.39, 0.29) is 123 Å². The van der Waals surface area contributed by atoms with E-state index in [2.05, 4.69) is 55.2 Å². The molecule has 0 saturated heterocycles. The molecule has 90 heavy (non-hydrogen) atoms. The number of nitrogens with one attached hydrogen (secondary N) is 3. The number of carboxylic acids is 2. The summed E-state index contributed by atoms with van der Waals surface area (Å²) >= 11 is 0. The molecule has 0 unspecified atom stereocenters. The van der Waals surface area contributed by atoms with Crippen LogP contribution in [0.5, 0.6) is 0 Å². The number of rotatable bonds is 23. The summed E-state index contributed by atoms with van der Waals surface area (Å²) in [7, 11) is -2.43. The second kappa shape index (κ2) is 45.5. The average Bonchev–Trinajstić information content (AvgIpc) is 1.46. The number of amides is 3. The molecule has 1 aromatic rings. The Morgan fingerprint density at radius 3 is 1.14 bits per heavy atom. The minimum Gasteiger partial charge on any atom is -0.870 e. The number of ether oxygens (including phenoxy) is 7. The molecule has 26 nitrogen and oxygen atoms in total. The van der Waals surface area contributed by atoms with Crippen molar-refractivity contribution in [1.82, 2.24) is 10.6 Å². The third kappa shape index (κ3) is 31.4. The number of aliphatic hydroxyl groups excluding tert-OH is 1. The van der Waals surface area contributed by atoms with Crippen molar-refractivity contribution >= 4 is 87.8 Å². The van der Waals surface area contributed by atoms with Gasteiger partial charge in [-0.15, -0.1) is 0 Å². The molecule has 0 spiro atoms. The van der Waals surface area contributed by atoms with E-state index in [0.29, 0.717) is 96.7 Å². The van der Waals surface area contributed by atoms with Crippen LogP contribution in [0.15, 0.2) is 30.3 Å². The van der Waals surface area contributed by atoms with Gasteiger partial charge in [-0.05, 0) is 174 Å². The molecule has 3 amide bonds. The van der Waals surface area contributed by atoms with E-state index in [1.165, 1.54) is 6.08 Å². The first-order valence-electron chi connectivity index (χ1n) is 30.0. The van der Waals surface area contributed by atoms with Gasteiger partial charge >= 0.3 is 135 Å². The summed E-state index contributed by atoms with van der Waals surface area (Å²) in [5.74, 6) is -4.30. The van der Waals surface area contributed by atoms with Crippen molar-refractivity contribution in [1.29, 1.82) is 0 Å². The molecule has 0 atom stereocenters. The Bertz CT molecular complexity index is 2380. The van der Waals surface area contributed by atoms with Crippen LogP contribution in [0.3, 0.4) is 0 Å². The number of esters is 5. The number of aliphatic hydroxyl groups is 1. The molecule has 10 N–H and O–H groups in total. The fourth-order valence-electron chi connectivity index (χ4n) is 8.40. The molecule has 5 saturated carbocycles. The Labute approximate surface area is 597 Å². The monoisotopic (exact) mass is 1350 g/mol. The number of carboxylic acid groups (broad SMARTS) is 2. The Hall–Kier alpha value is -3.83. The fraction of sp³-hybridized carbons (Fsp3) is 0.700. The van der Waals surface area contributed by atoms with Gasteiger partial charge in [-0.3, -0.25) is 24.0 Å². The molecule has 1 aromatic carbocycles. The summed E-state index contributed by atoms with van der Waals surface area (Å²) in [6.45, 7) is 26.2. The van der Waals surface area contributed by atoms with E-state index < -0.39 is 85.6 Å². The number of carbonyl (C=O) groups is 10. The first-order valence-corrected chi connectivity index (χ1v) is 37.4. The largest absolute Gasteiger partial charge is 1.00 e. The molecule has 5 fully saturated rings. The van der Waals surface area contributed by atoms with Gasteiger partial charge in [0, 0.05) is 34.5 Å². The molecule has 0 aliphatic heterocycles. The van der Waals surface area contributed by atoms with Crippen molar-refractivity contribution in [3.05, 3.63) is 35.9 Å². The van der Waals surface area contributed by atoms with Crippen LogP contribution >= 0.6 is 0 Å². The zero-order chi connectivity index (χ0) is 65.4. The Morgan fingerprint density at radius 2 is 0.856 bits per heavy atom. The van der Waals surface area contributed by atoms with Crippen molar-refractivity contribution in [3.63, 3.8) is 0 Å². The summed E-state index contributed by atoms with van der Waals surface area (Å²) in [4.78, 5) is 114. The molecule has 30 heteroatoms. The molecule has 0 aromatic heterocycles. The van der Waals surface area contributed by atoms with E-state index in [4.69, 9.17) is 54.2 Å². The quantitative estimate of drug-likeness (QED) is 0.0272. The smallest absolute Gasteiger partial charge is 0.870 e. The third-order valence-corrected chi connectivity index (χ3v) is 18.1. The van der Waals surface area contributed by atoms with E-state index in [1.54, 1.807) is 59.8 Å². The van der Waals surface area contributed by atoms with Crippen LogP contribution in [0.2, 0.25) is 51.4 Å². The maximum atomic E-state index is 12.0. The summed E-state index contributed by atoms with van der Waals surface area (Å²) in [5, 5.41) is 33.3. The van der Waals surface area contributed by atoms with Crippen molar-refractivity contribution in [2.24, 2.45) is 16.6 Å². The number of hydrogen-bond acceptors (Lipinski definition) is 21. The van der Waals surface area contributed by atoms with Gasteiger partial charge in [0.1, 0.15) is 11.1 Å². The zero-order valence-corrected chi connectivity index (χ0v) is 63.0. The maximum absolute atomic E-state index is 12.0. The van der Waals surface area contributed by atoms with Crippen LogP contribution in [0.25, 0.3) is 6.08 Å². The Morgan fingerprint density at radius 1 is 0.511 bits per heavy atom. The van der Waals surface area contributed by atoms with E-state index >= 15 is 0 Å². The molecular weight excluding hydrogens is 1250 g/mol. The SMILES string of the molecule is CCO.CCOC(=O)C1(C(=O)O)CCC1.CCOC(=O)C1(C(=O)OCC)CCC1.CCOC(=O)C1(NC(=O)OCC[Si](C)(C)C)CCC1.CCOC(=O)C=Cc1ccc(NC(=O)C2(N)CCC2)cc1.C[Si](C)(C)CCOC(=O)NC1(C(=O)O)CCC1.[K+].[Na+].[OH-].[OH-]. The number of aliphatic carboxylic acids is 2. The summed E-state index contributed by atoms with van der Waals surface area (Å²) in [6.07, 6.45) is 12.0. The van der Waals surface area contributed by atoms with Gasteiger partial charge in [-0.1, -0.05) is 51.4 Å². The number of benzene rings is 1. The van der Waals surface area contributed by atoms with Gasteiger partial charge in [-0.2, -0.15) is 0 Å². The predicted molar refractivity (Wildman–Crippen MR) is 331 cm³/mol. The molecule has 0 bridgehead atoms. The average molecular weight is 1350 g/mol. The molecule has 5 aliphatic carbocycles. The Kier molecular flexibility index (Phi) is 46.8. The third-order valence-electron chi connectivity index (χ3n) is 14.7. The predicted octanol–water partition coefficient (Wildman–Crippen LogP) is 2.42. The first kappa shape index (κ1) is 92.6. The van der Waals surface area contributed by atoms with Gasteiger partial charge in [0.05, 0.1) is 51.8 Å². The number of carbonyl (C=O) groups excluding carboxylic acids is 8. The maximum Gasteiger partial charge on any atom is 1.00 e. The number of nitrogens with two attached hydrogens (primary N) is 1. The van der Waals surface area contributed by atoms with Gasteiger partial charge in [0.15, 0.2) is 10.8 Å². The van der Waals surface area contributed by atoms with Crippen LogP contribution in [0.4, 0.5) is 15.3 Å². The summed E-state index contributed by atoms with van der Waals surface area (Å²) in [5.41, 5.74) is 2.70.